The Labute approximate surface area is 185 Å². The number of amides is 1. The van der Waals surface area contributed by atoms with Gasteiger partial charge in [-0.1, -0.05) is 11.6 Å². The second-order valence-corrected chi connectivity index (χ2v) is 8.32. The molecule has 0 aromatic carbocycles. The highest BCUT2D eigenvalue weighted by molar-refractivity contribution is 6.33. The fraction of sp³-hybridized carbons (Fsp3) is 0.524. The summed E-state index contributed by atoms with van der Waals surface area (Å²) in [5, 5.41) is 9.47. The fourth-order valence-corrected chi connectivity index (χ4v) is 4.02. The molecule has 3 N–H and O–H groups in total. The van der Waals surface area contributed by atoms with E-state index >= 15 is 0 Å². The number of hydrogen-bond acceptors (Lipinski definition) is 7. The van der Waals surface area contributed by atoms with Crippen molar-refractivity contribution in [2.45, 2.75) is 25.7 Å². The number of carbonyl (C=O) groups excluding carboxylic acids is 1. The van der Waals surface area contributed by atoms with Crippen LogP contribution in [0.3, 0.4) is 0 Å². The van der Waals surface area contributed by atoms with Gasteiger partial charge in [0.1, 0.15) is 5.82 Å². The Kier molecular flexibility index (Phi) is 7.26. The van der Waals surface area contributed by atoms with Crippen LogP contribution in [0.4, 0.5) is 16.0 Å². The molecule has 0 saturated carbocycles. The van der Waals surface area contributed by atoms with E-state index in [1.165, 1.54) is 12.4 Å². The minimum atomic E-state index is -0.667. The van der Waals surface area contributed by atoms with Crippen molar-refractivity contribution in [3.8, 4) is 11.3 Å². The summed E-state index contributed by atoms with van der Waals surface area (Å²) in [5.74, 6) is 0.00494. The maximum atomic E-state index is 14.2. The molecule has 4 heterocycles. The van der Waals surface area contributed by atoms with Crippen molar-refractivity contribution < 1.29 is 13.9 Å². The van der Waals surface area contributed by atoms with Gasteiger partial charge in [-0.05, 0) is 44.2 Å². The summed E-state index contributed by atoms with van der Waals surface area (Å²) in [4.78, 5) is 24.9. The van der Waals surface area contributed by atoms with Gasteiger partial charge in [-0.3, -0.25) is 4.79 Å². The molecule has 2 aliphatic rings. The summed E-state index contributed by atoms with van der Waals surface area (Å²) in [6.45, 7) is 3.62. The number of aromatic nitrogens is 3. The zero-order chi connectivity index (χ0) is 21.6. The molecule has 0 unspecified atom stereocenters. The van der Waals surface area contributed by atoms with Crippen molar-refractivity contribution in [1.29, 1.82) is 0 Å². The molecule has 166 valence electrons. The maximum Gasteiger partial charge on any atom is 0.255 e. The standard InChI is InChI=1S/C21H26ClFN6O2/c22-16-11-25-18(29-21(30)14-2-1-5-24-10-14)8-15(16)17-12-26-19(23)20(28-17)27-9-13-3-6-31-7-4-13/h8,11-14,24H,1-7,9-10H2,(H,27,28)(H,25,29,30)/t14-/m0/s1. The first kappa shape index (κ1) is 21.9. The molecule has 0 bridgehead atoms. The Morgan fingerprint density at radius 3 is 2.87 bits per heavy atom. The van der Waals surface area contributed by atoms with Gasteiger partial charge in [-0.2, -0.15) is 4.39 Å². The molecule has 0 radical (unpaired) electrons. The van der Waals surface area contributed by atoms with Crippen LogP contribution in [-0.2, 0) is 9.53 Å². The molecule has 2 aromatic heterocycles. The zero-order valence-electron chi connectivity index (χ0n) is 17.2. The van der Waals surface area contributed by atoms with Crippen LogP contribution < -0.4 is 16.0 Å². The van der Waals surface area contributed by atoms with Crippen LogP contribution in [0.15, 0.2) is 18.5 Å². The van der Waals surface area contributed by atoms with E-state index in [0.717, 1.165) is 45.4 Å². The molecular weight excluding hydrogens is 423 g/mol. The summed E-state index contributed by atoms with van der Waals surface area (Å²) in [5.41, 5.74) is 0.925. The summed E-state index contributed by atoms with van der Waals surface area (Å²) in [6.07, 6.45) is 6.44. The van der Waals surface area contributed by atoms with Crippen LogP contribution in [0.2, 0.25) is 5.02 Å². The number of pyridine rings is 1. The molecular formula is C21H26ClFN6O2. The molecule has 1 atom stereocenters. The molecule has 2 aliphatic heterocycles. The third kappa shape index (κ3) is 5.66. The van der Waals surface area contributed by atoms with Crippen molar-refractivity contribution in [2.75, 3.05) is 43.5 Å². The summed E-state index contributed by atoms with van der Waals surface area (Å²) in [7, 11) is 0. The zero-order valence-corrected chi connectivity index (χ0v) is 17.9. The average molecular weight is 449 g/mol. The van der Waals surface area contributed by atoms with Gasteiger partial charge in [0.25, 0.3) is 5.95 Å². The monoisotopic (exact) mass is 448 g/mol. The van der Waals surface area contributed by atoms with Gasteiger partial charge in [-0.15, -0.1) is 0 Å². The minimum absolute atomic E-state index is 0.0794. The Bertz CT molecular complexity index is 919. The number of nitrogens with zero attached hydrogens (tertiary/aromatic N) is 3. The first-order valence-corrected chi connectivity index (χ1v) is 11.0. The van der Waals surface area contributed by atoms with Gasteiger partial charge < -0.3 is 20.7 Å². The van der Waals surface area contributed by atoms with Gasteiger partial charge in [0.2, 0.25) is 5.91 Å². The number of rotatable bonds is 6. The summed E-state index contributed by atoms with van der Waals surface area (Å²) >= 11 is 6.33. The number of piperidine rings is 1. The van der Waals surface area contributed by atoms with E-state index in [0.29, 0.717) is 41.1 Å². The Hall–Kier alpha value is -2.36. The van der Waals surface area contributed by atoms with E-state index < -0.39 is 5.95 Å². The van der Waals surface area contributed by atoms with E-state index in [1.54, 1.807) is 6.07 Å². The number of hydrogen-bond donors (Lipinski definition) is 3. The lowest BCUT2D eigenvalue weighted by Gasteiger charge is -2.22. The first-order chi connectivity index (χ1) is 15.1. The van der Waals surface area contributed by atoms with Crippen molar-refractivity contribution in [3.05, 3.63) is 29.4 Å². The quantitative estimate of drug-likeness (QED) is 0.624. The molecule has 0 spiro atoms. The van der Waals surface area contributed by atoms with Crippen molar-refractivity contribution >= 4 is 29.1 Å². The number of halogens is 2. The van der Waals surface area contributed by atoms with Crippen molar-refractivity contribution in [2.24, 2.45) is 11.8 Å². The molecule has 1 amide bonds. The number of nitrogens with one attached hydrogen (secondary N) is 3. The van der Waals surface area contributed by atoms with Crippen LogP contribution in [0.5, 0.6) is 0 Å². The summed E-state index contributed by atoms with van der Waals surface area (Å²) < 4.78 is 19.6. The van der Waals surface area contributed by atoms with Crippen LogP contribution >= 0.6 is 11.6 Å². The van der Waals surface area contributed by atoms with Crippen LogP contribution in [0, 0.1) is 17.8 Å². The van der Waals surface area contributed by atoms with Crippen molar-refractivity contribution in [1.82, 2.24) is 20.3 Å². The van der Waals surface area contributed by atoms with Crippen LogP contribution in [0.25, 0.3) is 11.3 Å². The van der Waals surface area contributed by atoms with Crippen LogP contribution in [0.1, 0.15) is 25.7 Å². The SMILES string of the molecule is O=C(Nc1cc(-c2cnc(F)c(NCC3CCOCC3)n2)c(Cl)cn1)[C@H]1CCCNC1. The topological polar surface area (TPSA) is 101 Å². The number of ether oxygens (including phenoxy) is 1. The predicted octanol–water partition coefficient (Wildman–Crippen LogP) is 3.11. The lowest BCUT2D eigenvalue weighted by atomic mass is 9.99. The van der Waals surface area contributed by atoms with Crippen molar-refractivity contribution in [3.63, 3.8) is 0 Å². The van der Waals surface area contributed by atoms with Gasteiger partial charge >= 0.3 is 0 Å². The predicted molar refractivity (Wildman–Crippen MR) is 116 cm³/mol. The van der Waals surface area contributed by atoms with E-state index in [4.69, 9.17) is 16.3 Å². The molecule has 8 nitrogen and oxygen atoms in total. The summed E-state index contributed by atoms with van der Waals surface area (Å²) in [6, 6.07) is 1.64. The Balaban J connectivity index is 1.48. The Morgan fingerprint density at radius 2 is 2.10 bits per heavy atom. The smallest absolute Gasteiger partial charge is 0.255 e. The molecule has 10 heteroatoms. The van der Waals surface area contributed by atoms with Gasteiger partial charge in [0, 0.05) is 38.1 Å². The van der Waals surface area contributed by atoms with E-state index in [2.05, 4.69) is 30.9 Å². The fourth-order valence-electron chi connectivity index (χ4n) is 3.82. The van der Waals surface area contributed by atoms with Gasteiger partial charge in [0.15, 0.2) is 5.82 Å². The lowest BCUT2D eigenvalue weighted by Crippen LogP contribution is -2.37. The number of carbonyl (C=O) groups is 1. The molecule has 2 fully saturated rings. The molecule has 4 rings (SSSR count). The van der Waals surface area contributed by atoms with Gasteiger partial charge in [-0.25, -0.2) is 15.0 Å². The Morgan fingerprint density at radius 1 is 1.26 bits per heavy atom. The van der Waals surface area contributed by atoms with Crippen LogP contribution in [-0.4, -0.2) is 53.7 Å². The molecule has 31 heavy (non-hydrogen) atoms. The highest BCUT2D eigenvalue weighted by atomic mass is 35.5. The van der Waals surface area contributed by atoms with E-state index in [-0.39, 0.29) is 17.6 Å². The first-order valence-electron chi connectivity index (χ1n) is 10.6. The molecule has 0 aliphatic carbocycles. The normalized spacial score (nSPS) is 19.7. The maximum absolute atomic E-state index is 14.2. The third-order valence-electron chi connectivity index (χ3n) is 5.68. The lowest BCUT2D eigenvalue weighted by molar-refractivity contribution is -0.120. The van der Waals surface area contributed by atoms with E-state index in [1.807, 2.05) is 0 Å². The average Bonchev–Trinajstić information content (AvgIpc) is 2.81. The second kappa shape index (κ2) is 10.3. The highest BCUT2D eigenvalue weighted by Gasteiger charge is 2.22. The molecule has 2 saturated heterocycles. The van der Waals surface area contributed by atoms with E-state index in [9.17, 15) is 9.18 Å². The molecule has 2 aromatic rings. The second-order valence-electron chi connectivity index (χ2n) is 7.91. The van der Waals surface area contributed by atoms with Gasteiger partial charge in [0.05, 0.1) is 22.8 Å². The third-order valence-corrected chi connectivity index (χ3v) is 5.98. The minimum Gasteiger partial charge on any atom is -0.381 e. The highest BCUT2D eigenvalue weighted by Crippen LogP contribution is 2.29. The largest absolute Gasteiger partial charge is 0.381 e. The number of anilines is 2.